The Morgan fingerprint density at radius 3 is 2.04 bits per heavy atom. The number of hydrogen-bond donors (Lipinski definition) is 1. The van der Waals surface area contributed by atoms with Gasteiger partial charge in [0, 0.05) is 10.9 Å². The average molecular weight is 324 g/mol. The number of rotatable bonds is 4. The highest BCUT2D eigenvalue weighted by Gasteiger charge is 2.21. The van der Waals surface area contributed by atoms with E-state index in [-0.39, 0.29) is 0 Å². The van der Waals surface area contributed by atoms with Gasteiger partial charge in [-0.05, 0) is 16.4 Å². The third kappa shape index (κ3) is 3.15. The van der Waals surface area contributed by atoms with Crippen LogP contribution in [0.4, 0.5) is 0 Å². The van der Waals surface area contributed by atoms with Crippen LogP contribution in [0.2, 0.25) is 0 Å². The maximum Gasteiger partial charge on any atom is 0.560 e. The highest BCUT2D eigenvalue weighted by Crippen LogP contribution is 2.37. The van der Waals surface area contributed by atoms with Crippen molar-refractivity contribution in [3.63, 3.8) is 0 Å². The molecule has 0 aliphatic heterocycles. The molecule has 0 fully saturated rings. The second kappa shape index (κ2) is 6.84. The quantitative estimate of drug-likeness (QED) is 0.568. The SMILES string of the molecule is OB(Oc1c(-c2ccccc2)ccc2ccccc12)c1ccccc1. The summed E-state index contributed by atoms with van der Waals surface area (Å²) >= 11 is 0. The molecule has 0 bridgehead atoms. The molecule has 0 aromatic heterocycles. The van der Waals surface area contributed by atoms with Crippen LogP contribution in [-0.4, -0.2) is 12.1 Å². The van der Waals surface area contributed by atoms with Crippen molar-refractivity contribution < 1.29 is 9.68 Å². The first-order valence-electron chi connectivity index (χ1n) is 8.30. The number of hydrogen-bond acceptors (Lipinski definition) is 2. The lowest BCUT2D eigenvalue weighted by Crippen LogP contribution is -2.36. The molecule has 0 aliphatic carbocycles. The fourth-order valence-electron chi connectivity index (χ4n) is 3.01. The zero-order valence-electron chi connectivity index (χ0n) is 13.7. The normalized spacial score (nSPS) is 10.6. The van der Waals surface area contributed by atoms with E-state index in [0.717, 1.165) is 27.4 Å². The monoisotopic (exact) mass is 324 g/mol. The minimum Gasteiger partial charge on any atom is -0.531 e. The maximum atomic E-state index is 10.6. The Hall–Kier alpha value is -3.04. The van der Waals surface area contributed by atoms with Crippen LogP contribution in [0, 0.1) is 0 Å². The fraction of sp³-hybridized carbons (Fsp3) is 0. The Balaban J connectivity index is 1.85. The third-order valence-electron chi connectivity index (χ3n) is 4.28. The zero-order valence-corrected chi connectivity index (χ0v) is 13.7. The number of benzene rings is 4. The molecule has 0 saturated heterocycles. The van der Waals surface area contributed by atoms with Gasteiger partial charge in [-0.25, -0.2) is 0 Å². The zero-order chi connectivity index (χ0) is 17.1. The summed E-state index contributed by atoms with van der Waals surface area (Å²) in [6.45, 7) is 0. The Labute approximate surface area is 147 Å². The van der Waals surface area contributed by atoms with Gasteiger partial charge in [-0.3, -0.25) is 0 Å². The molecule has 0 aliphatic rings. The van der Waals surface area contributed by atoms with Gasteiger partial charge in [0.25, 0.3) is 0 Å². The maximum absolute atomic E-state index is 10.6. The van der Waals surface area contributed by atoms with E-state index in [4.69, 9.17) is 4.65 Å². The fourth-order valence-corrected chi connectivity index (χ4v) is 3.01. The molecular formula is C22H17BO2. The van der Waals surface area contributed by atoms with E-state index in [9.17, 15) is 5.02 Å². The molecule has 0 radical (unpaired) electrons. The van der Waals surface area contributed by atoms with Crippen molar-refractivity contribution in [1.29, 1.82) is 0 Å². The lowest BCUT2D eigenvalue weighted by molar-refractivity contribution is 0.436. The van der Waals surface area contributed by atoms with E-state index in [2.05, 4.69) is 6.07 Å². The Kier molecular flexibility index (Phi) is 4.24. The Bertz CT molecular complexity index is 984. The molecule has 3 heteroatoms. The van der Waals surface area contributed by atoms with Gasteiger partial charge in [-0.1, -0.05) is 97.1 Å². The molecule has 4 rings (SSSR count). The highest BCUT2D eigenvalue weighted by atomic mass is 16.5. The van der Waals surface area contributed by atoms with Gasteiger partial charge in [-0.2, -0.15) is 0 Å². The Morgan fingerprint density at radius 2 is 1.28 bits per heavy atom. The van der Waals surface area contributed by atoms with Crippen LogP contribution in [0.3, 0.4) is 0 Å². The highest BCUT2D eigenvalue weighted by molar-refractivity contribution is 6.60. The summed E-state index contributed by atoms with van der Waals surface area (Å²) in [6.07, 6.45) is 0. The van der Waals surface area contributed by atoms with Crippen molar-refractivity contribution in [3.8, 4) is 16.9 Å². The molecule has 4 aromatic carbocycles. The largest absolute Gasteiger partial charge is 0.560 e. The summed E-state index contributed by atoms with van der Waals surface area (Å²) in [7, 11) is -1.02. The number of fused-ring (bicyclic) bond motifs is 1. The summed E-state index contributed by atoms with van der Waals surface area (Å²) in [5.74, 6) is 0.695. The van der Waals surface area contributed by atoms with Gasteiger partial charge in [-0.15, -0.1) is 0 Å². The Morgan fingerprint density at radius 1 is 0.640 bits per heavy atom. The van der Waals surface area contributed by atoms with Gasteiger partial charge in [0.1, 0.15) is 5.75 Å². The van der Waals surface area contributed by atoms with Crippen LogP contribution in [-0.2, 0) is 0 Å². The minimum atomic E-state index is -1.02. The van der Waals surface area contributed by atoms with Crippen molar-refractivity contribution in [2.75, 3.05) is 0 Å². The lowest BCUT2D eigenvalue weighted by Gasteiger charge is -2.17. The summed E-state index contributed by atoms with van der Waals surface area (Å²) < 4.78 is 6.05. The second-order valence-electron chi connectivity index (χ2n) is 5.91. The van der Waals surface area contributed by atoms with Crippen LogP contribution in [0.1, 0.15) is 0 Å². The standard InChI is InChI=1S/C22H17BO2/c24-23(19-12-5-2-6-13-19)25-22-20-14-8-7-11-18(20)15-16-21(22)17-9-3-1-4-10-17/h1-16,24H. The van der Waals surface area contributed by atoms with Crippen molar-refractivity contribution in [3.05, 3.63) is 97.1 Å². The predicted molar refractivity (Wildman–Crippen MR) is 104 cm³/mol. The molecule has 1 N–H and O–H groups in total. The van der Waals surface area contributed by atoms with Crippen molar-refractivity contribution in [1.82, 2.24) is 0 Å². The van der Waals surface area contributed by atoms with E-state index in [1.807, 2.05) is 91.0 Å². The van der Waals surface area contributed by atoms with Crippen molar-refractivity contribution in [2.24, 2.45) is 0 Å². The smallest absolute Gasteiger partial charge is 0.531 e. The van der Waals surface area contributed by atoms with Crippen molar-refractivity contribution >= 4 is 23.4 Å². The van der Waals surface area contributed by atoms with Gasteiger partial charge in [0.2, 0.25) is 0 Å². The van der Waals surface area contributed by atoms with Crippen LogP contribution >= 0.6 is 0 Å². The van der Waals surface area contributed by atoms with E-state index < -0.39 is 7.12 Å². The molecule has 25 heavy (non-hydrogen) atoms. The summed E-state index contributed by atoms with van der Waals surface area (Å²) in [5.41, 5.74) is 2.76. The molecule has 2 nitrogen and oxygen atoms in total. The average Bonchev–Trinajstić information content (AvgIpc) is 2.69. The molecule has 120 valence electrons. The van der Waals surface area contributed by atoms with E-state index in [1.165, 1.54) is 0 Å². The molecule has 0 saturated carbocycles. The van der Waals surface area contributed by atoms with Gasteiger partial charge in [0.05, 0.1) is 0 Å². The van der Waals surface area contributed by atoms with E-state index >= 15 is 0 Å². The van der Waals surface area contributed by atoms with Gasteiger partial charge < -0.3 is 9.68 Å². The van der Waals surface area contributed by atoms with Gasteiger partial charge >= 0.3 is 7.12 Å². The minimum absolute atomic E-state index is 0.695. The van der Waals surface area contributed by atoms with Gasteiger partial charge in [0.15, 0.2) is 0 Å². The van der Waals surface area contributed by atoms with Crippen LogP contribution < -0.4 is 10.1 Å². The van der Waals surface area contributed by atoms with Crippen molar-refractivity contribution in [2.45, 2.75) is 0 Å². The molecule has 0 amide bonds. The summed E-state index contributed by atoms with van der Waals surface area (Å²) in [5, 5.41) is 12.6. The molecule has 4 aromatic rings. The molecule has 0 unspecified atom stereocenters. The van der Waals surface area contributed by atoms with Crippen LogP contribution in [0.15, 0.2) is 97.1 Å². The first-order chi connectivity index (χ1) is 12.3. The van der Waals surface area contributed by atoms with E-state index in [0.29, 0.717) is 5.75 Å². The van der Waals surface area contributed by atoms with Crippen LogP contribution in [0.5, 0.6) is 5.75 Å². The first-order valence-corrected chi connectivity index (χ1v) is 8.30. The lowest BCUT2D eigenvalue weighted by atomic mass is 9.79. The third-order valence-corrected chi connectivity index (χ3v) is 4.28. The van der Waals surface area contributed by atoms with E-state index in [1.54, 1.807) is 0 Å². The molecular weight excluding hydrogens is 307 g/mol. The first kappa shape index (κ1) is 15.5. The predicted octanol–water partition coefficient (Wildman–Crippen LogP) is 4.27. The molecule has 0 heterocycles. The summed E-state index contributed by atoms with van der Waals surface area (Å²) in [6, 6.07) is 31.7. The topological polar surface area (TPSA) is 29.5 Å². The molecule has 0 spiro atoms. The molecule has 0 atom stereocenters. The summed E-state index contributed by atoms with van der Waals surface area (Å²) in [4.78, 5) is 0. The second-order valence-corrected chi connectivity index (χ2v) is 5.91. The van der Waals surface area contributed by atoms with Crippen LogP contribution in [0.25, 0.3) is 21.9 Å².